The number of anilines is 1. The first-order chi connectivity index (χ1) is 39.3. The van der Waals surface area contributed by atoms with Gasteiger partial charge in [-0.2, -0.15) is 8.78 Å². The smallest absolute Gasteiger partial charge is 0.349 e. The van der Waals surface area contributed by atoms with Crippen LogP contribution in [-0.2, 0) is 66.4 Å². The highest BCUT2D eigenvalue weighted by molar-refractivity contribution is 6.31. The molecule has 0 unspecified atom stereocenters. The van der Waals surface area contributed by atoms with E-state index in [0.29, 0.717) is 17.5 Å². The number of amides is 5. The summed E-state index contributed by atoms with van der Waals surface area (Å²) in [5, 5.41) is 47.1. The molecule has 3 aliphatic rings. The van der Waals surface area contributed by atoms with Crippen LogP contribution in [0.25, 0.3) is 0 Å². The summed E-state index contributed by atoms with van der Waals surface area (Å²) in [6.07, 6.45) is -7.56. The lowest BCUT2D eigenvalue weighted by atomic mass is 9.77. The van der Waals surface area contributed by atoms with E-state index in [0.717, 1.165) is 12.1 Å². The second-order valence-corrected chi connectivity index (χ2v) is 25.0. The zero-order valence-corrected chi connectivity index (χ0v) is 51.4. The summed E-state index contributed by atoms with van der Waals surface area (Å²) in [4.78, 5) is 74.5. The molecule has 0 radical (unpaired) electrons. The van der Waals surface area contributed by atoms with Gasteiger partial charge in [0.1, 0.15) is 24.3 Å². The maximum absolute atomic E-state index is 15.5. The number of hydrogen-bond acceptors (Lipinski definition) is 14. The summed E-state index contributed by atoms with van der Waals surface area (Å²) < 4.78 is 62.9. The lowest BCUT2D eigenvalue weighted by molar-refractivity contribution is -0.317. The Morgan fingerprint density at radius 1 is 0.905 bits per heavy atom. The summed E-state index contributed by atoms with van der Waals surface area (Å²) in [6, 6.07) is 15.7. The number of nitrogens with one attached hydrogen (secondary N) is 4. The molecule has 5 amide bonds. The Morgan fingerprint density at radius 3 is 2.17 bits per heavy atom. The number of benzene rings is 3. The van der Waals surface area contributed by atoms with Gasteiger partial charge < -0.3 is 70.1 Å². The Hall–Kier alpha value is -5.20. The number of methoxy groups -OCH3 is 1. The largest absolute Gasteiger partial charge is 0.387 e. The molecule has 3 heterocycles. The van der Waals surface area contributed by atoms with E-state index in [1.165, 1.54) is 30.2 Å². The van der Waals surface area contributed by atoms with Crippen LogP contribution in [0.15, 0.2) is 78.9 Å². The van der Waals surface area contributed by atoms with Crippen LogP contribution in [0, 0.1) is 23.7 Å². The van der Waals surface area contributed by atoms with Crippen molar-refractivity contribution in [1.82, 2.24) is 25.8 Å². The predicted molar refractivity (Wildman–Crippen MR) is 312 cm³/mol. The molecular weight excluding hydrogens is 1110 g/mol. The minimum Gasteiger partial charge on any atom is -0.387 e. The molecule has 3 saturated heterocycles. The van der Waals surface area contributed by atoms with Gasteiger partial charge in [0.05, 0.1) is 41.5 Å². The number of hydrogen-bond donors (Lipinski definition) is 7. The standard InChI is InChI=1S/C62H89ClF2N6O13/c1-34(2)50-57(77)67-44(28-40-23-25-43(26-24-40)66-56(76)46(29-41-19-17-18-22-45(41)63)68-59(78)62(64,65)42-20-15-14-16-21-42)30-48(72)71(12)33-35(3)31-60(8,79)54(84-58-51(73)47(70(10)11)27-36(4)81-58)37(5)52(38(6)55(75)69-50)83-49-32-61(9,80-13)53(74)39(7)82-49/h14-26,34-39,44,46-47,49-54,58,73-74,79H,27-33H2,1-13H3,(H,66,76)(H,67,77)(H,68,78)(H,69,75)/t35-,36-,37+,38-,39+,44-,46+,47+,49+,50+,51-,52+,53+,54-,58+,60-,61-/m1/s1. The Kier molecular flexibility index (Phi) is 23.4. The number of nitrogens with zero attached hydrogens (tertiary/aromatic N) is 2. The number of carbonyl (C=O) groups is 5. The van der Waals surface area contributed by atoms with E-state index in [-0.39, 0.29) is 73.3 Å². The van der Waals surface area contributed by atoms with Crippen LogP contribution in [0.1, 0.15) is 105 Å². The Balaban J connectivity index is 1.30. The van der Waals surface area contributed by atoms with Gasteiger partial charge in [-0.25, -0.2) is 0 Å². The van der Waals surface area contributed by atoms with E-state index < -0.39 is 125 Å². The molecule has 0 bridgehead atoms. The fraction of sp³-hybridized carbons (Fsp3) is 0.629. The molecule has 22 heteroatoms. The van der Waals surface area contributed by atoms with E-state index in [9.17, 15) is 39.3 Å². The van der Waals surface area contributed by atoms with Crippen molar-refractivity contribution < 1.29 is 71.8 Å². The molecular formula is C62H89ClF2N6O13. The molecule has 0 spiro atoms. The lowest BCUT2D eigenvalue weighted by Gasteiger charge is -2.49. The Bertz CT molecular complexity index is 2690. The number of aliphatic hydroxyl groups excluding tert-OH is 2. The van der Waals surface area contributed by atoms with E-state index in [2.05, 4.69) is 21.3 Å². The highest BCUT2D eigenvalue weighted by Gasteiger charge is 2.52. The van der Waals surface area contributed by atoms with Crippen molar-refractivity contribution in [3.8, 4) is 0 Å². The SMILES string of the molecule is CO[C@]1(C)C[C@H](O[C@H]2[C@H](C)[C@@H](O[C@@H]3O[C@H](C)C[C@H](N(C)C)[C@H]3O)[C@](C)(O)C[C@@H](C)CN(C)C(=O)C[C@@H](Cc3ccc(NC(=O)[C@H](Cc4ccccc4Cl)NC(=O)C(F)(F)c4ccccc4)cc3)NC(=O)[C@H](C(C)C)NC(=O)[C@@H]2C)O[C@@H](C)[C@@H]1O. The maximum Gasteiger partial charge on any atom is 0.349 e. The lowest BCUT2D eigenvalue weighted by Crippen LogP contribution is -2.61. The summed E-state index contributed by atoms with van der Waals surface area (Å²) in [5.74, 6) is -10.8. The average molecular weight is 1200 g/mol. The molecule has 3 fully saturated rings. The minimum absolute atomic E-state index is 0.0536. The van der Waals surface area contributed by atoms with Crippen molar-refractivity contribution in [2.24, 2.45) is 23.7 Å². The molecule has 3 aliphatic heterocycles. The first kappa shape index (κ1) is 67.9. The van der Waals surface area contributed by atoms with E-state index >= 15 is 8.78 Å². The van der Waals surface area contributed by atoms with E-state index in [1.54, 1.807) is 104 Å². The summed E-state index contributed by atoms with van der Waals surface area (Å²) >= 11 is 6.42. The van der Waals surface area contributed by atoms with Crippen LogP contribution in [0.2, 0.25) is 5.02 Å². The summed E-state index contributed by atoms with van der Waals surface area (Å²) in [6.45, 7) is 15.9. The Morgan fingerprint density at radius 2 is 1.55 bits per heavy atom. The van der Waals surface area contributed by atoms with Crippen LogP contribution in [-0.4, -0.2) is 174 Å². The van der Waals surface area contributed by atoms with E-state index in [1.807, 2.05) is 32.8 Å². The zero-order valence-electron chi connectivity index (χ0n) is 50.6. The predicted octanol–water partition coefficient (Wildman–Crippen LogP) is 5.97. The molecule has 3 aromatic rings. The number of ether oxygens (including phenoxy) is 5. The van der Waals surface area contributed by atoms with Crippen molar-refractivity contribution in [3.05, 3.63) is 101 Å². The van der Waals surface area contributed by atoms with Crippen LogP contribution >= 0.6 is 11.6 Å². The van der Waals surface area contributed by atoms with Crippen LogP contribution in [0.5, 0.6) is 0 Å². The normalized spacial score (nSPS) is 33.0. The zero-order chi connectivity index (χ0) is 62.2. The minimum atomic E-state index is -3.97. The number of carbonyl (C=O) groups excluding carboxylic acids is 5. The number of aliphatic hydroxyl groups is 3. The van der Waals surface area contributed by atoms with Gasteiger partial charge in [-0.1, -0.05) is 107 Å². The van der Waals surface area contributed by atoms with E-state index in [4.69, 9.17) is 35.3 Å². The van der Waals surface area contributed by atoms with Gasteiger partial charge >= 0.3 is 5.92 Å². The van der Waals surface area contributed by atoms with Gasteiger partial charge in [-0.15, -0.1) is 0 Å². The van der Waals surface area contributed by atoms with Crippen molar-refractivity contribution in [2.75, 3.05) is 40.1 Å². The number of halogens is 3. The first-order valence-corrected chi connectivity index (χ1v) is 29.4. The molecule has 3 aromatic carbocycles. The molecule has 0 saturated carbocycles. The van der Waals surface area contributed by atoms with Crippen molar-refractivity contribution in [3.63, 3.8) is 0 Å². The number of rotatable bonds is 16. The van der Waals surface area contributed by atoms with Gasteiger partial charge in [0.15, 0.2) is 12.6 Å². The van der Waals surface area contributed by atoms with Crippen LogP contribution in [0.3, 0.4) is 0 Å². The topological polar surface area (TPSA) is 247 Å². The van der Waals surface area contributed by atoms with Crippen molar-refractivity contribution in [1.29, 1.82) is 0 Å². The van der Waals surface area contributed by atoms with Gasteiger partial charge in [-0.05, 0) is 102 Å². The summed E-state index contributed by atoms with van der Waals surface area (Å²) in [5.41, 5.74) is -2.09. The van der Waals surface area contributed by atoms with Crippen molar-refractivity contribution in [2.45, 2.75) is 191 Å². The van der Waals surface area contributed by atoms with Gasteiger partial charge in [-0.3, -0.25) is 24.0 Å². The first-order valence-electron chi connectivity index (χ1n) is 29.0. The molecule has 17 atom stereocenters. The van der Waals surface area contributed by atoms with Gasteiger partial charge in [0.25, 0.3) is 5.91 Å². The molecule has 6 rings (SSSR count). The third-order valence-corrected chi connectivity index (χ3v) is 17.1. The van der Waals surface area contributed by atoms with Crippen LogP contribution in [0.4, 0.5) is 14.5 Å². The number of likely N-dealkylation sites (N-methyl/N-ethyl adjacent to an activating group) is 1. The highest BCUT2D eigenvalue weighted by atomic mass is 35.5. The molecule has 19 nitrogen and oxygen atoms in total. The third kappa shape index (κ3) is 17.1. The molecule has 84 heavy (non-hydrogen) atoms. The molecule has 0 aliphatic carbocycles. The fourth-order valence-corrected chi connectivity index (χ4v) is 12.1. The number of alkyl halides is 2. The molecule has 0 aromatic heterocycles. The Labute approximate surface area is 498 Å². The third-order valence-electron chi connectivity index (χ3n) is 16.8. The molecule has 466 valence electrons. The average Bonchev–Trinajstić information content (AvgIpc) is 2.39. The second-order valence-electron chi connectivity index (χ2n) is 24.5. The summed E-state index contributed by atoms with van der Waals surface area (Å²) in [7, 11) is 6.81. The van der Waals surface area contributed by atoms with Gasteiger partial charge in [0, 0.05) is 74.2 Å². The van der Waals surface area contributed by atoms with Gasteiger partial charge in [0.2, 0.25) is 23.6 Å². The fourth-order valence-electron chi connectivity index (χ4n) is 11.9. The monoisotopic (exact) mass is 1200 g/mol. The molecule has 7 N–H and O–H groups in total. The van der Waals surface area contributed by atoms with Crippen LogP contribution < -0.4 is 21.3 Å². The quantitative estimate of drug-likeness (QED) is 0.0874. The van der Waals surface area contributed by atoms with Crippen molar-refractivity contribution >= 4 is 46.8 Å². The highest BCUT2D eigenvalue weighted by Crippen LogP contribution is 2.40. The maximum atomic E-state index is 15.5. The second kappa shape index (κ2) is 29.0.